The van der Waals surface area contributed by atoms with Crippen LogP contribution in [0.4, 0.5) is 0 Å². The molecule has 0 aliphatic rings. The number of rotatable bonds is 1. The summed E-state index contributed by atoms with van der Waals surface area (Å²) in [5, 5.41) is 0. The van der Waals surface area contributed by atoms with E-state index in [2.05, 4.69) is 0 Å². The maximum absolute atomic E-state index is 5.05. The molecule has 50 valence electrons. The van der Waals surface area contributed by atoms with Crippen LogP contribution in [-0.2, 0) is 0 Å². The largest absolute Gasteiger partial charge is 1.00 e. The number of allylic oxidation sites excluding steroid dienone is 1. The molecule has 0 nitrogen and oxygen atoms in total. The fourth-order valence-corrected chi connectivity index (χ4v) is 0. The van der Waals surface area contributed by atoms with Gasteiger partial charge >= 0.3 is 51.4 Å². The summed E-state index contributed by atoms with van der Waals surface area (Å²) in [6, 6.07) is 0. The van der Waals surface area contributed by atoms with Crippen LogP contribution < -0.4 is 51.4 Å². The Balaban J connectivity index is -0.0000000800. The standard InChI is InChI=1S/C5H9.C3H7.K/c1-4-5(2)3;1-3-2;/h1,4-5H,2-3H3;3H,1-2H3;/q2*-1;+1. The monoisotopic (exact) mass is 151 g/mol. The van der Waals surface area contributed by atoms with Crippen LogP contribution in [0.5, 0.6) is 0 Å². The summed E-state index contributed by atoms with van der Waals surface area (Å²) in [5.41, 5.74) is 0. The molecule has 0 aromatic heterocycles. The van der Waals surface area contributed by atoms with Crippen LogP contribution in [0.1, 0.15) is 27.7 Å². The fraction of sp³-hybridized carbons (Fsp3) is 0.625. The third-order valence-electron chi connectivity index (χ3n) is 0.385. The molecular weight excluding hydrogens is 135 g/mol. The van der Waals surface area contributed by atoms with Crippen LogP contribution in [0, 0.1) is 18.9 Å². The minimum absolute atomic E-state index is 0. The second kappa shape index (κ2) is 16.2. The van der Waals surface area contributed by atoms with Gasteiger partial charge in [-0.2, -0.15) is 13.8 Å². The Morgan fingerprint density at radius 3 is 1.44 bits per heavy atom. The van der Waals surface area contributed by atoms with Crippen molar-refractivity contribution in [1.29, 1.82) is 0 Å². The van der Waals surface area contributed by atoms with Gasteiger partial charge in [0.1, 0.15) is 0 Å². The first-order valence-electron chi connectivity index (χ1n) is 2.98. The Labute approximate surface area is 103 Å². The first-order valence-corrected chi connectivity index (χ1v) is 2.98. The molecule has 0 saturated heterocycles. The Bertz CT molecular complexity index is 39.8. The van der Waals surface area contributed by atoms with Crippen LogP contribution in [0.25, 0.3) is 0 Å². The summed E-state index contributed by atoms with van der Waals surface area (Å²) in [5.74, 6) is 0.537. The fourth-order valence-electron chi connectivity index (χ4n) is 0. The van der Waals surface area contributed by atoms with Crippen molar-refractivity contribution in [3.8, 4) is 0 Å². The molecule has 0 aliphatic heterocycles. The quantitative estimate of drug-likeness (QED) is 0.362. The van der Waals surface area contributed by atoms with E-state index < -0.39 is 0 Å². The van der Waals surface area contributed by atoms with Crippen LogP contribution in [0.15, 0.2) is 6.08 Å². The van der Waals surface area contributed by atoms with Gasteiger partial charge in [0.15, 0.2) is 0 Å². The Morgan fingerprint density at radius 2 is 1.44 bits per heavy atom. The summed E-state index contributed by atoms with van der Waals surface area (Å²) in [6.07, 6.45) is 3.67. The molecule has 0 radical (unpaired) electrons. The van der Waals surface area contributed by atoms with Crippen LogP contribution in [0.2, 0.25) is 0 Å². The van der Waals surface area contributed by atoms with Crippen molar-refractivity contribution in [1.82, 2.24) is 0 Å². The van der Waals surface area contributed by atoms with E-state index in [1.165, 1.54) is 0 Å². The van der Waals surface area contributed by atoms with Gasteiger partial charge in [0.2, 0.25) is 0 Å². The van der Waals surface area contributed by atoms with Crippen molar-refractivity contribution in [3.05, 3.63) is 19.1 Å². The van der Waals surface area contributed by atoms with E-state index in [1.807, 2.05) is 34.1 Å². The molecule has 0 rings (SSSR count). The summed E-state index contributed by atoms with van der Waals surface area (Å²) in [6.45, 7) is 13.1. The molecule has 0 atom stereocenters. The maximum atomic E-state index is 5.05. The molecule has 0 N–H and O–H groups in total. The maximum Gasteiger partial charge on any atom is 1.00 e. The third-order valence-corrected chi connectivity index (χ3v) is 0.385. The zero-order chi connectivity index (χ0) is 6.99. The van der Waals surface area contributed by atoms with Gasteiger partial charge in [-0.3, -0.25) is 6.08 Å². The van der Waals surface area contributed by atoms with Gasteiger partial charge in [-0.05, 0) is 0 Å². The van der Waals surface area contributed by atoms with Crippen molar-refractivity contribution < 1.29 is 51.4 Å². The summed E-state index contributed by atoms with van der Waals surface area (Å²) < 4.78 is 0. The van der Waals surface area contributed by atoms with E-state index in [4.69, 9.17) is 6.58 Å². The molecule has 0 aromatic carbocycles. The first kappa shape index (κ1) is 16.8. The zero-order valence-electron chi connectivity index (χ0n) is 7.31. The average molecular weight is 151 g/mol. The van der Waals surface area contributed by atoms with Crippen LogP contribution in [0.3, 0.4) is 0 Å². The van der Waals surface area contributed by atoms with Gasteiger partial charge in [0.25, 0.3) is 0 Å². The molecule has 0 unspecified atom stereocenters. The predicted octanol–water partition coefficient (Wildman–Crippen LogP) is -0.134. The molecule has 0 spiro atoms. The van der Waals surface area contributed by atoms with E-state index >= 15 is 0 Å². The SMILES string of the molecule is C[CH-]C.[CH-]=CC(C)C.[K+]. The Kier molecular flexibility index (Phi) is 30.1. The topological polar surface area (TPSA) is 0 Å². The van der Waals surface area contributed by atoms with Crippen molar-refractivity contribution in [2.24, 2.45) is 5.92 Å². The minimum Gasteiger partial charge on any atom is -0.518 e. The van der Waals surface area contributed by atoms with Gasteiger partial charge in [0, 0.05) is 0 Å². The van der Waals surface area contributed by atoms with Gasteiger partial charge in [0.05, 0.1) is 0 Å². The summed E-state index contributed by atoms with van der Waals surface area (Å²) in [4.78, 5) is 0. The van der Waals surface area contributed by atoms with Crippen LogP contribution >= 0.6 is 0 Å². The molecule has 0 fully saturated rings. The smallest absolute Gasteiger partial charge is 0.518 e. The first-order chi connectivity index (χ1) is 3.68. The average Bonchev–Trinajstić information content (AvgIpc) is 1.69. The second-order valence-electron chi connectivity index (χ2n) is 2.01. The molecule has 0 bridgehead atoms. The van der Waals surface area contributed by atoms with E-state index in [0.717, 1.165) is 0 Å². The van der Waals surface area contributed by atoms with E-state index in [0.29, 0.717) is 5.92 Å². The second-order valence-corrected chi connectivity index (χ2v) is 2.01. The molecule has 1 heteroatoms. The molecule has 0 heterocycles. The molecule has 0 aliphatic carbocycles. The summed E-state index contributed by atoms with van der Waals surface area (Å²) >= 11 is 0. The van der Waals surface area contributed by atoms with Gasteiger partial charge in [-0.25, -0.2) is 0 Å². The van der Waals surface area contributed by atoms with Crippen molar-refractivity contribution >= 4 is 0 Å². The zero-order valence-corrected chi connectivity index (χ0v) is 10.4. The van der Waals surface area contributed by atoms with E-state index in [1.54, 1.807) is 6.08 Å². The van der Waals surface area contributed by atoms with Gasteiger partial charge in [-0.15, -0.1) is 0 Å². The normalized spacial score (nSPS) is 6.78. The minimum atomic E-state index is 0. The summed E-state index contributed by atoms with van der Waals surface area (Å²) in [7, 11) is 0. The van der Waals surface area contributed by atoms with Gasteiger partial charge in [-0.1, -0.05) is 19.8 Å². The van der Waals surface area contributed by atoms with Crippen LogP contribution in [-0.4, -0.2) is 0 Å². The molecule has 0 saturated carbocycles. The molecule has 0 aromatic rings. The van der Waals surface area contributed by atoms with Crippen molar-refractivity contribution in [2.75, 3.05) is 0 Å². The number of hydrogen-bond acceptors (Lipinski definition) is 0. The Hall–Kier alpha value is 1.38. The molecule has 9 heavy (non-hydrogen) atoms. The molecule has 0 amide bonds. The van der Waals surface area contributed by atoms with E-state index in [9.17, 15) is 0 Å². The van der Waals surface area contributed by atoms with Crippen molar-refractivity contribution in [3.63, 3.8) is 0 Å². The third kappa shape index (κ3) is 44.8. The van der Waals surface area contributed by atoms with Gasteiger partial charge < -0.3 is 13.0 Å². The Morgan fingerprint density at radius 1 is 1.33 bits per heavy atom. The molecular formula is C8H16K-. The van der Waals surface area contributed by atoms with Crippen molar-refractivity contribution in [2.45, 2.75) is 27.7 Å². The van der Waals surface area contributed by atoms with E-state index in [-0.39, 0.29) is 51.4 Å². The predicted molar refractivity (Wildman–Crippen MR) is 39.4 cm³/mol. The number of hydrogen-bond donors (Lipinski definition) is 0.